The molecule has 3 aromatic carbocycles. The van der Waals surface area contributed by atoms with E-state index >= 15 is 0 Å². The molecule has 1 aliphatic heterocycles. The smallest absolute Gasteiger partial charge is 0.409 e. The molecule has 7 N–H and O–H groups in total. The molecule has 1 aliphatic carbocycles. The molecule has 2 fully saturated rings. The monoisotopic (exact) mass is 983 g/mol. The fourth-order valence-electron chi connectivity index (χ4n) is 8.32. The largest absolute Gasteiger partial charge is 0.493 e. The molecule has 1 aromatic heterocycles. The van der Waals surface area contributed by atoms with Crippen molar-refractivity contribution in [2.75, 3.05) is 29.1 Å². The fraction of sp³-hybridized carbons (Fsp3) is 0.481. The third kappa shape index (κ3) is 15.1. The Morgan fingerprint density at radius 3 is 2.13 bits per heavy atom. The highest BCUT2D eigenvalue weighted by atomic mass is 32.1. The van der Waals surface area contributed by atoms with Crippen LogP contribution in [0.4, 0.5) is 26.2 Å². The number of aliphatic hydroxyl groups is 1. The number of nitrogens with zero attached hydrogens (tertiary/aromatic N) is 2. The van der Waals surface area contributed by atoms with Crippen LogP contribution in [0.2, 0.25) is 0 Å². The van der Waals surface area contributed by atoms with Crippen molar-refractivity contribution in [1.82, 2.24) is 20.5 Å². The number of thiazole rings is 1. The summed E-state index contributed by atoms with van der Waals surface area (Å²) in [5.41, 5.74) is 3.16. The first-order chi connectivity index (χ1) is 33.4. The van der Waals surface area contributed by atoms with E-state index in [0.29, 0.717) is 35.7 Å². The molecule has 18 heteroatoms. The lowest BCUT2D eigenvalue weighted by molar-refractivity contribution is -0.145. The van der Waals surface area contributed by atoms with Crippen molar-refractivity contribution >= 4 is 64.0 Å². The highest BCUT2D eigenvalue weighted by Gasteiger charge is 2.53. The molecule has 2 heterocycles. The van der Waals surface area contributed by atoms with Gasteiger partial charge in [0.25, 0.3) is 11.8 Å². The van der Waals surface area contributed by atoms with E-state index in [1.807, 2.05) is 25.1 Å². The summed E-state index contributed by atoms with van der Waals surface area (Å²) >= 11 is 1.53. The van der Waals surface area contributed by atoms with Gasteiger partial charge in [0.05, 0.1) is 40.2 Å². The topological polar surface area (TPSA) is 228 Å². The van der Waals surface area contributed by atoms with Gasteiger partial charge in [-0.3, -0.25) is 29.3 Å². The molecule has 376 valence electrons. The first-order valence-electron chi connectivity index (χ1n) is 24.1. The van der Waals surface area contributed by atoms with Crippen LogP contribution in [-0.2, 0) is 25.7 Å². The molecule has 3 atom stereocenters. The Hall–Kier alpha value is -6.40. The Balaban J connectivity index is 0.887. The Bertz CT molecular complexity index is 2470. The lowest BCUT2D eigenvalue weighted by Crippen LogP contribution is -2.59. The van der Waals surface area contributed by atoms with E-state index in [4.69, 9.17) is 9.84 Å². The second kappa shape index (κ2) is 24.4. The van der Waals surface area contributed by atoms with Crippen molar-refractivity contribution in [1.29, 1.82) is 0 Å². The van der Waals surface area contributed by atoms with Crippen molar-refractivity contribution < 1.29 is 48.1 Å². The number of amides is 6. The normalized spacial score (nSPS) is 16.5. The van der Waals surface area contributed by atoms with Crippen LogP contribution < -0.4 is 31.3 Å². The van der Waals surface area contributed by atoms with E-state index in [1.165, 1.54) is 16.2 Å². The number of halogens is 1. The molecule has 4 aromatic rings. The molecule has 1 saturated heterocycles. The second-order valence-corrected chi connectivity index (χ2v) is 20.1. The summed E-state index contributed by atoms with van der Waals surface area (Å²) in [6.45, 7) is 7.75. The highest BCUT2D eigenvalue weighted by molar-refractivity contribution is 7.13. The minimum Gasteiger partial charge on any atom is -0.493 e. The van der Waals surface area contributed by atoms with Crippen molar-refractivity contribution in [2.24, 2.45) is 5.41 Å². The van der Waals surface area contributed by atoms with Gasteiger partial charge in [0.2, 0.25) is 17.7 Å². The van der Waals surface area contributed by atoms with E-state index in [9.17, 15) is 38.3 Å². The number of likely N-dealkylation sites (tertiary alicyclic amines) is 1. The Kier molecular flexibility index (Phi) is 18.5. The summed E-state index contributed by atoms with van der Waals surface area (Å²) in [4.78, 5) is 83.4. The lowest BCUT2D eigenvalue weighted by Gasteiger charge is -2.35. The number of hydrogen-bond donors (Lipinski definition) is 7. The van der Waals surface area contributed by atoms with E-state index in [2.05, 4.69) is 31.6 Å². The number of unbranched alkanes of at least 4 members (excludes halogenated alkanes) is 8. The molecule has 1 saturated carbocycles. The summed E-state index contributed by atoms with van der Waals surface area (Å²) in [5, 5.41) is 33.1. The van der Waals surface area contributed by atoms with Gasteiger partial charge in [0.1, 0.15) is 17.8 Å². The quantitative estimate of drug-likeness (QED) is 0.0330. The number of carboxylic acid groups (broad SMARTS) is 1. The fourth-order valence-corrected chi connectivity index (χ4v) is 9.12. The summed E-state index contributed by atoms with van der Waals surface area (Å²) in [7, 11) is 0. The van der Waals surface area contributed by atoms with E-state index < -0.39 is 59.0 Å². The predicted molar refractivity (Wildman–Crippen MR) is 267 cm³/mol. The van der Waals surface area contributed by atoms with Crippen LogP contribution in [0.15, 0.2) is 72.2 Å². The Morgan fingerprint density at radius 1 is 0.871 bits per heavy atom. The number of benzene rings is 3. The van der Waals surface area contributed by atoms with Gasteiger partial charge in [-0.05, 0) is 86.1 Å². The van der Waals surface area contributed by atoms with Crippen LogP contribution >= 0.6 is 11.3 Å². The number of aliphatic hydroxyl groups excluding tert-OH is 1. The standard InChI is InChI=1S/C52H66FN7O9S/c1-33-44(70-32-55-33)35-19-20-36(30-54-47(64)41-29-38(61)31-60(41)48(65)45(51(2,3)4)59-49(66)52(53)25-26-52)42(28-35)69-27-15-11-9-7-5-6-8-10-12-18-43(62)56-37-23-21-34(22-24-37)46(63)57-39-16-13-14-17-40(39)58-50(67)68/h13-14,16-17,19-24,28,32,38,41,45,58,61H,5-12,15,18,25-27,29-31H2,1-4H3,(H,54,64)(H,56,62)(H,57,63)(H,59,66)(H,67,68)/t38-,41+,45-/m1/s1. The molecule has 2 aliphatic rings. The summed E-state index contributed by atoms with van der Waals surface area (Å²) in [5.74, 6) is -1.70. The first-order valence-corrected chi connectivity index (χ1v) is 25.0. The number of hydrogen-bond acceptors (Lipinski definition) is 10. The number of ether oxygens (including phenoxy) is 1. The maximum atomic E-state index is 14.6. The van der Waals surface area contributed by atoms with Crippen LogP contribution in [0.5, 0.6) is 5.75 Å². The van der Waals surface area contributed by atoms with E-state index in [0.717, 1.165) is 79.5 Å². The van der Waals surface area contributed by atoms with Crippen LogP contribution in [0.25, 0.3) is 10.4 Å². The van der Waals surface area contributed by atoms with E-state index in [-0.39, 0.29) is 43.9 Å². The molecule has 0 unspecified atom stereocenters. The third-order valence-electron chi connectivity index (χ3n) is 12.5. The van der Waals surface area contributed by atoms with Crippen molar-refractivity contribution in [2.45, 2.75) is 142 Å². The first kappa shape index (κ1) is 53.0. The molecule has 0 spiro atoms. The average molecular weight is 984 g/mol. The number of carbonyl (C=O) groups excluding carboxylic acids is 5. The molecule has 6 rings (SSSR count). The molecule has 16 nitrogen and oxygen atoms in total. The van der Waals surface area contributed by atoms with Gasteiger partial charge < -0.3 is 41.1 Å². The van der Waals surface area contributed by atoms with Crippen LogP contribution in [0.1, 0.15) is 126 Å². The number of alkyl halides is 1. The van der Waals surface area contributed by atoms with Gasteiger partial charge in [-0.2, -0.15) is 0 Å². The molecular formula is C52H66FN7O9S. The van der Waals surface area contributed by atoms with Gasteiger partial charge >= 0.3 is 6.09 Å². The molecule has 0 bridgehead atoms. The van der Waals surface area contributed by atoms with Gasteiger partial charge in [0.15, 0.2) is 5.67 Å². The van der Waals surface area contributed by atoms with Crippen molar-refractivity contribution in [3.63, 3.8) is 0 Å². The zero-order valence-corrected chi connectivity index (χ0v) is 41.2. The maximum absolute atomic E-state index is 14.6. The van der Waals surface area contributed by atoms with Gasteiger partial charge in [-0.25, -0.2) is 14.2 Å². The average Bonchev–Trinajstić information content (AvgIpc) is 3.73. The SMILES string of the molecule is Cc1ncsc1-c1ccc(CNC(=O)[C@@H]2C[C@@H](O)CN2C(=O)[C@@H](NC(=O)C2(F)CC2)C(C)(C)C)c(OCCCCCCCCCCCC(=O)Nc2ccc(C(=O)Nc3ccccc3NC(=O)O)cc2)c1. The zero-order chi connectivity index (χ0) is 50.4. The minimum atomic E-state index is -1.97. The Morgan fingerprint density at radius 2 is 1.51 bits per heavy atom. The predicted octanol–water partition coefficient (Wildman–Crippen LogP) is 8.99. The number of para-hydroxylation sites is 2. The summed E-state index contributed by atoms with van der Waals surface area (Å²) in [6.07, 6.45) is 7.36. The molecule has 0 radical (unpaired) electrons. The van der Waals surface area contributed by atoms with Gasteiger partial charge in [-0.15, -0.1) is 11.3 Å². The molecular weight excluding hydrogens is 918 g/mol. The zero-order valence-electron chi connectivity index (χ0n) is 40.4. The van der Waals surface area contributed by atoms with Crippen molar-refractivity contribution in [3.05, 3.63) is 89.1 Å². The third-order valence-corrected chi connectivity index (χ3v) is 13.5. The number of aryl methyl sites for hydroxylation is 1. The number of nitrogens with one attached hydrogen (secondary N) is 5. The Labute approximate surface area is 412 Å². The second-order valence-electron chi connectivity index (χ2n) is 19.3. The number of rotatable bonds is 24. The number of aromatic nitrogens is 1. The molecule has 70 heavy (non-hydrogen) atoms. The van der Waals surface area contributed by atoms with Crippen molar-refractivity contribution in [3.8, 4) is 16.2 Å². The number of carbonyl (C=O) groups is 6. The van der Waals surface area contributed by atoms with E-state index in [1.54, 1.807) is 74.8 Å². The summed E-state index contributed by atoms with van der Waals surface area (Å²) in [6, 6.07) is 16.8. The lowest BCUT2D eigenvalue weighted by atomic mass is 9.85. The van der Waals surface area contributed by atoms with Gasteiger partial charge in [-0.1, -0.05) is 90.0 Å². The van der Waals surface area contributed by atoms with Crippen LogP contribution in [0.3, 0.4) is 0 Å². The highest BCUT2D eigenvalue weighted by Crippen LogP contribution is 2.40. The van der Waals surface area contributed by atoms with Crippen LogP contribution in [0, 0.1) is 12.3 Å². The summed E-state index contributed by atoms with van der Waals surface area (Å²) < 4.78 is 21.0. The number of β-amino-alcohol motifs (C(OH)–C–C–N with tert-alkyl or cyclic N) is 1. The van der Waals surface area contributed by atoms with Crippen LogP contribution in [-0.4, -0.2) is 92.7 Å². The van der Waals surface area contributed by atoms with Gasteiger partial charge in [0, 0.05) is 42.7 Å². The minimum absolute atomic E-state index is 0.0296. The molecule has 6 amide bonds. The number of anilines is 3. The maximum Gasteiger partial charge on any atom is 0.409 e.